The fraction of sp³-hybridized carbons (Fsp3) is 0.389. The van der Waals surface area contributed by atoms with Gasteiger partial charge in [0, 0.05) is 19.2 Å². The molecule has 0 bridgehead atoms. The number of aromatic nitrogens is 1. The van der Waals surface area contributed by atoms with Gasteiger partial charge in [-0.2, -0.15) is 0 Å². The quantitative estimate of drug-likeness (QED) is 0.527. The van der Waals surface area contributed by atoms with E-state index >= 15 is 0 Å². The van der Waals surface area contributed by atoms with Gasteiger partial charge in [-0.15, -0.1) is 0 Å². The second-order valence-corrected chi connectivity index (χ2v) is 7.33. The smallest absolute Gasteiger partial charge is 0.280 e. The number of amidine groups is 1. The van der Waals surface area contributed by atoms with Crippen molar-refractivity contribution in [2.45, 2.75) is 20.0 Å². The molecule has 0 radical (unpaired) electrons. The first-order valence-electron chi connectivity index (χ1n) is 8.93. The van der Waals surface area contributed by atoms with Crippen molar-refractivity contribution in [1.82, 2.24) is 15.6 Å². The first-order valence-corrected chi connectivity index (χ1v) is 9.75. The molecule has 10 heteroatoms. The van der Waals surface area contributed by atoms with Gasteiger partial charge in [-0.3, -0.25) is 4.79 Å². The maximum absolute atomic E-state index is 13.6. The van der Waals surface area contributed by atoms with Crippen LogP contribution in [0.5, 0.6) is 5.75 Å². The number of benzene rings is 1. The first kappa shape index (κ1) is 20.0. The average Bonchev–Trinajstić information content (AvgIpc) is 3.09. The van der Waals surface area contributed by atoms with Crippen molar-refractivity contribution < 1.29 is 13.9 Å². The van der Waals surface area contributed by atoms with Gasteiger partial charge in [0.25, 0.3) is 5.91 Å². The van der Waals surface area contributed by atoms with Crippen LogP contribution in [0.1, 0.15) is 29.3 Å². The summed E-state index contributed by atoms with van der Waals surface area (Å²) >= 11 is 1.27. The summed E-state index contributed by atoms with van der Waals surface area (Å²) < 4.78 is 19.3. The van der Waals surface area contributed by atoms with Crippen LogP contribution in [0.4, 0.5) is 15.1 Å². The standard InChI is InChI=1S/C18H23FN6O2S/c1-10(2)27-13-8-11(19)4-5-12(13)24-15-14-17(23-9-22-15)28-18(25-14)16(26)21-7-6-20-3/h4-5,8,10,20,23H,6-7,9H2,1-3H3,(H,21,26)(H,22,24). The summed E-state index contributed by atoms with van der Waals surface area (Å²) in [4.78, 5) is 21.1. The Kier molecular flexibility index (Phi) is 6.42. The van der Waals surface area contributed by atoms with E-state index in [2.05, 4.69) is 31.2 Å². The Labute approximate surface area is 166 Å². The van der Waals surface area contributed by atoms with Gasteiger partial charge in [0.1, 0.15) is 28.9 Å². The summed E-state index contributed by atoms with van der Waals surface area (Å²) in [6.45, 7) is 5.27. The molecule has 0 atom stereocenters. The molecule has 2 aromatic rings. The van der Waals surface area contributed by atoms with Crippen molar-refractivity contribution in [3.8, 4) is 5.75 Å². The minimum absolute atomic E-state index is 0.111. The number of carbonyl (C=O) groups is 1. The van der Waals surface area contributed by atoms with Gasteiger partial charge < -0.3 is 26.0 Å². The number of fused-ring (bicyclic) bond motifs is 1. The Balaban J connectivity index is 1.81. The van der Waals surface area contributed by atoms with Crippen LogP contribution in [0.2, 0.25) is 0 Å². The Morgan fingerprint density at radius 3 is 2.96 bits per heavy atom. The number of carbonyl (C=O) groups excluding carboxylic acids is 1. The van der Waals surface area contributed by atoms with Crippen LogP contribution in [0.15, 0.2) is 23.2 Å². The highest BCUT2D eigenvalue weighted by molar-refractivity contribution is 7.18. The number of amides is 1. The second-order valence-electron chi connectivity index (χ2n) is 6.33. The lowest BCUT2D eigenvalue weighted by Gasteiger charge is -2.18. The van der Waals surface area contributed by atoms with E-state index in [1.54, 1.807) is 6.07 Å². The van der Waals surface area contributed by atoms with Crippen LogP contribution in [0.25, 0.3) is 0 Å². The SMILES string of the molecule is CNCCNC(=O)c1nc2c(s1)NCN=C2Nc1ccc(F)cc1OC(C)C. The van der Waals surface area contributed by atoms with Gasteiger partial charge in [0.15, 0.2) is 10.8 Å². The molecule has 150 valence electrons. The van der Waals surface area contributed by atoms with E-state index < -0.39 is 0 Å². The fourth-order valence-electron chi connectivity index (χ4n) is 2.52. The molecule has 1 aromatic heterocycles. The van der Waals surface area contributed by atoms with Crippen LogP contribution in [-0.2, 0) is 0 Å². The molecule has 28 heavy (non-hydrogen) atoms. The summed E-state index contributed by atoms with van der Waals surface area (Å²) in [6.07, 6.45) is -0.111. The molecule has 0 unspecified atom stereocenters. The Hall–Kier alpha value is -2.72. The highest BCUT2D eigenvalue weighted by Crippen LogP contribution is 2.31. The van der Waals surface area contributed by atoms with Gasteiger partial charge in [0.05, 0.1) is 11.8 Å². The third-order valence-corrected chi connectivity index (χ3v) is 4.75. The van der Waals surface area contributed by atoms with Crippen molar-refractivity contribution in [2.75, 3.05) is 37.4 Å². The minimum atomic E-state index is -0.386. The Morgan fingerprint density at radius 1 is 1.39 bits per heavy atom. The number of aliphatic imine (C=N–C) groups is 1. The molecule has 2 heterocycles. The lowest BCUT2D eigenvalue weighted by molar-refractivity contribution is 0.0953. The van der Waals surface area contributed by atoms with Crippen molar-refractivity contribution in [3.63, 3.8) is 0 Å². The molecule has 4 N–H and O–H groups in total. The summed E-state index contributed by atoms with van der Waals surface area (Å²) in [7, 11) is 1.82. The molecule has 1 aliphatic heterocycles. The van der Waals surface area contributed by atoms with E-state index in [9.17, 15) is 9.18 Å². The number of nitrogens with zero attached hydrogens (tertiary/aromatic N) is 2. The van der Waals surface area contributed by atoms with E-state index in [1.807, 2.05) is 20.9 Å². The third kappa shape index (κ3) is 4.76. The summed E-state index contributed by atoms with van der Waals surface area (Å²) in [5, 5.41) is 13.2. The largest absolute Gasteiger partial charge is 0.489 e. The Morgan fingerprint density at radius 2 is 2.21 bits per heavy atom. The number of rotatable bonds is 7. The zero-order valence-corrected chi connectivity index (χ0v) is 16.7. The van der Waals surface area contributed by atoms with Gasteiger partial charge in [-0.1, -0.05) is 11.3 Å². The molecule has 0 spiro atoms. The molecule has 0 saturated carbocycles. The van der Waals surface area contributed by atoms with E-state index in [0.29, 0.717) is 47.7 Å². The number of hydrogen-bond donors (Lipinski definition) is 4. The topological polar surface area (TPSA) is 99.7 Å². The number of hydrogen-bond acceptors (Lipinski definition) is 8. The molecule has 1 amide bonds. The molecule has 0 saturated heterocycles. The molecule has 8 nitrogen and oxygen atoms in total. The number of likely N-dealkylation sites (N-methyl/N-ethyl adjacent to an activating group) is 1. The van der Waals surface area contributed by atoms with Crippen molar-refractivity contribution in [2.24, 2.45) is 4.99 Å². The number of halogens is 1. The summed E-state index contributed by atoms with van der Waals surface area (Å²) in [5.41, 5.74) is 1.13. The lowest BCUT2D eigenvalue weighted by Crippen LogP contribution is -2.30. The Bertz CT molecular complexity index is 883. The minimum Gasteiger partial charge on any atom is -0.489 e. The van der Waals surface area contributed by atoms with Crippen molar-refractivity contribution in [3.05, 3.63) is 34.7 Å². The van der Waals surface area contributed by atoms with Gasteiger partial charge in [0.2, 0.25) is 0 Å². The number of thiazole rings is 1. The molecule has 0 fully saturated rings. The molecular formula is C18H23FN6O2S. The maximum atomic E-state index is 13.6. The fourth-order valence-corrected chi connectivity index (χ4v) is 3.39. The predicted molar refractivity (Wildman–Crippen MR) is 109 cm³/mol. The highest BCUT2D eigenvalue weighted by Gasteiger charge is 2.23. The monoisotopic (exact) mass is 406 g/mol. The van der Waals surface area contributed by atoms with Crippen molar-refractivity contribution in [1.29, 1.82) is 0 Å². The number of anilines is 2. The highest BCUT2D eigenvalue weighted by atomic mass is 32.1. The van der Waals surface area contributed by atoms with Crippen LogP contribution >= 0.6 is 11.3 Å². The average molecular weight is 406 g/mol. The number of nitrogens with one attached hydrogen (secondary N) is 4. The van der Waals surface area contributed by atoms with Gasteiger partial charge >= 0.3 is 0 Å². The number of ether oxygens (including phenoxy) is 1. The molecule has 1 aliphatic rings. The molecule has 1 aromatic carbocycles. The van der Waals surface area contributed by atoms with Crippen LogP contribution in [0, 0.1) is 5.82 Å². The van der Waals surface area contributed by atoms with Crippen LogP contribution < -0.4 is 26.0 Å². The lowest BCUT2D eigenvalue weighted by atomic mass is 10.2. The van der Waals surface area contributed by atoms with E-state index in [4.69, 9.17) is 4.74 Å². The third-order valence-electron chi connectivity index (χ3n) is 3.74. The normalized spacial score (nSPS) is 12.8. The van der Waals surface area contributed by atoms with Crippen molar-refractivity contribution >= 4 is 33.8 Å². The predicted octanol–water partition coefficient (Wildman–Crippen LogP) is 2.26. The summed E-state index contributed by atoms with van der Waals surface area (Å²) in [6, 6.07) is 4.27. The molecular weight excluding hydrogens is 383 g/mol. The first-order chi connectivity index (χ1) is 13.5. The van der Waals surface area contributed by atoms with Gasteiger partial charge in [-0.05, 0) is 33.0 Å². The van der Waals surface area contributed by atoms with Crippen LogP contribution in [0.3, 0.4) is 0 Å². The van der Waals surface area contributed by atoms with E-state index in [1.165, 1.54) is 23.5 Å². The zero-order chi connectivity index (χ0) is 20.1. The summed E-state index contributed by atoms with van der Waals surface area (Å²) in [5.74, 6) is 0.266. The van der Waals surface area contributed by atoms with Crippen LogP contribution in [-0.4, -0.2) is 49.6 Å². The van der Waals surface area contributed by atoms with E-state index in [-0.39, 0.29) is 17.8 Å². The maximum Gasteiger partial charge on any atom is 0.280 e. The molecule has 0 aliphatic carbocycles. The van der Waals surface area contributed by atoms with E-state index in [0.717, 1.165) is 5.00 Å². The zero-order valence-electron chi connectivity index (χ0n) is 15.9. The second kappa shape index (κ2) is 8.98. The van der Waals surface area contributed by atoms with Gasteiger partial charge in [-0.25, -0.2) is 14.4 Å². The molecule has 3 rings (SSSR count).